The highest BCUT2D eigenvalue weighted by molar-refractivity contribution is 7.26. The van der Waals surface area contributed by atoms with Crippen molar-refractivity contribution in [2.45, 2.75) is 5.41 Å². The minimum Gasteiger partial charge on any atom is -0.456 e. The standard InChI is InChI=1S/C113H71N3O2S2/c1-6-28-72(29-7-1)74-52-54-77(55-53-74)93-70-86(71-96-90-42-19-24-50-105(90)119-111(93)96)114(83-57-56-73-30-16-17-35-78(73)66-83)84-58-62-97-94(68-84)95-69-85(116(81-39-14-5-15-40-81)101-64-60-88(75-31-8-2-9-32-75)110-107(101)91-43-18-22-48-103(91)117-110)59-63-98(95)113(97)99-46-21-23-49-104(99)118-109-87(45-27-47-100(109)113)79-36-26-41-82(67-79)115(80-37-12-4-13-38-80)102-65-61-89(76-33-10-3-11-34-76)112-108(102)92-44-20-25-51-106(92)120-112/h1-71H. The lowest BCUT2D eigenvalue weighted by atomic mass is 9.65. The van der Waals surface area contributed by atoms with Gasteiger partial charge in [-0.05, 0) is 199 Å². The van der Waals surface area contributed by atoms with Crippen molar-refractivity contribution in [2.24, 2.45) is 0 Å². The fraction of sp³-hybridized carbons (Fsp3) is 0.00885. The van der Waals surface area contributed by atoms with Crippen molar-refractivity contribution in [1.82, 2.24) is 0 Å². The molecule has 0 fully saturated rings. The van der Waals surface area contributed by atoms with Crippen LogP contribution in [0.4, 0.5) is 51.2 Å². The van der Waals surface area contributed by atoms with Gasteiger partial charge in [0.05, 0.1) is 22.2 Å². The maximum atomic E-state index is 7.70. The monoisotopic (exact) mass is 1570 g/mol. The van der Waals surface area contributed by atoms with Gasteiger partial charge in [0, 0.05) is 113 Å². The Morgan fingerprint density at radius 3 is 1.43 bits per heavy atom. The molecular weight excluding hydrogens is 1500 g/mol. The SMILES string of the molecule is c1ccc(-c2ccc(-c3cc(N(c4ccc5c(c4)-c4cc(N(c6ccccc6)c6ccc(-c7ccccc7)c7oc8ccccc8c67)ccc4C54c5ccccc5Oc5c(-c6cccc(N(c7ccccc7)c7ccc(-c8ccccc8)c8sc9ccccc9c78)c6)cccc54)c4ccc5ccccc5c4)cc4c3sc3ccccc34)cc2)cc1. The first-order chi connectivity index (χ1) is 59.5. The van der Waals surface area contributed by atoms with Crippen molar-refractivity contribution in [3.63, 3.8) is 0 Å². The highest BCUT2D eigenvalue weighted by Crippen LogP contribution is 2.65. The predicted molar refractivity (Wildman–Crippen MR) is 506 cm³/mol. The summed E-state index contributed by atoms with van der Waals surface area (Å²) in [5.41, 5.74) is 27.9. The molecule has 0 bridgehead atoms. The summed E-state index contributed by atoms with van der Waals surface area (Å²) in [5.74, 6) is 1.61. The van der Waals surface area contributed by atoms with Crippen LogP contribution in [0.15, 0.2) is 435 Å². The van der Waals surface area contributed by atoms with Gasteiger partial charge in [-0.3, -0.25) is 0 Å². The van der Waals surface area contributed by atoms with Crippen LogP contribution in [0.25, 0.3) is 140 Å². The van der Waals surface area contributed by atoms with E-state index in [1.165, 1.54) is 73.5 Å². The molecule has 24 rings (SSSR count). The molecule has 0 radical (unpaired) electrons. The number of thiophene rings is 2. The predicted octanol–water partition coefficient (Wildman–Crippen LogP) is 32.7. The molecule has 22 aromatic rings. The summed E-state index contributed by atoms with van der Waals surface area (Å²) in [6.07, 6.45) is 0. The molecule has 1 aliphatic heterocycles. The first-order valence-electron chi connectivity index (χ1n) is 40.9. The van der Waals surface area contributed by atoms with E-state index < -0.39 is 5.41 Å². The van der Waals surface area contributed by atoms with Crippen molar-refractivity contribution < 1.29 is 9.15 Å². The Kier molecular flexibility index (Phi) is 16.2. The molecule has 0 saturated heterocycles. The van der Waals surface area contributed by atoms with E-state index in [9.17, 15) is 0 Å². The van der Waals surface area contributed by atoms with Gasteiger partial charge in [-0.15, -0.1) is 22.7 Å². The number of rotatable bonds is 14. The Bertz CT molecular complexity index is 7830. The molecule has 1 atom stereocenters. The van der Waals surface area contributed by atoms with E-state index in [1.54, 1.807) is 0 Å². The van der Waals surface area contributed by atoms with E-state index >= 15 is 0 Å². The molecule has 19 aromatic carbocycles. The molecule has 7 heteroatoms. The summed E-state index contributed by atoms with van der Waals surface area (Å²) < 4.78 is 19.8. The Morgan fingerprint density at radius 1 is 0.233 bits per heavy atom. The summed E-state index contributed by atoms with van der Waals surface area (Å²) in [4.78, 5) is 7.41. The second kappa shape index (κ2) is 28.1. The molecule has 562 valence electrons. The molecule has 2 aliphatic rings. The molecule has 1 unspecified atom stereocenters. The molecule has 1 aliphatic carbocycles. The molecule has 120 heavy (non-hydrogen) atoms. The van der Waals surface area contributed by atoms with Crippen LogP contribution in [0.1, 0.15) is 22.3 Å². The summed E-state index contributed by atoms with van der Waals surface area (Å²) in [5, 5.41) is 9.30. The van der Waals surface area contributed by atoms with E-state index in [-0.39, 0.29) is 0 Å². The van der Waals surface area contributed by atoms with Gasteiger partial charge < -0.3 is 23.9 Å². The van der Waals surface area contributed by atoms with Crippen molar-refractivity contribution in [2.75, 3.05) is 14.7 Å². The van der Waals surface area contributed by atoms with Gasteiger partial charge in [-0.25, -0.2) is 0 Å². The Morgan fingerprint density at radius 2 is 0.717 bits per heavy atom. The Labute approximate surface area is 702 Å². The van der Waals surface area contributed by atoms with Crippen molar-refractivity contribution in [3.8, 4) is 78.3 Å². The smallest absolute Gasteiger partial charge is 0.145 e. The molecule has 1 spiro atoms. The van der Waals surface area contributed by atoms with Crippen molar-refractivity contribution in [1.29, 1.82) is 0 Å². The van der Waals surface area contributed by atoms with Crippen molar-refractivity contribution in [3.05, 3.63) is 453 Å². The summed E-state index contributed by atoms with van der Waals surface area (Å²) >= 11 is 3.73. The van der Waals surface area contributed by atoms with Crippen molar-refractivity contribution >= 4 is 147 Å². The van der Waals surface area contributed by atoms with Crippen LogP contribution < -0.4 is 19.4 Å². The third kappa shape index (κ3) is 11.0. The number of benzene rings is 19. The molecule has 5 nitrogen and oxygen atoms in total. The maximum absolute atomic E-state index is 7.70. The topological polar surface area (TPSA) is 32.1 Å². The minimum atomic E-state index is -0.925. The molecule has 0 N–H and O–H groups in total. The number of fused-ring (bicyclic) bond motifs is 19. The van der Waals surface area contributed by atoms with Crippen LogP contribution in [0, 0.1) is 0 Å². The van der Waals surface area contributed by atoms with E-state index in [2.05, 4.69) is 445 Å². The number of furan rings is 1. The van der Waals surface area contributed by atoms with Crippen LogP contribution in [-0.4, -0.2) is 0 Å². The summed E-state index contributed by atoms with van der Waals surface area (Å²) in [6.45, 7) is 0. The van der Waals surface area contributed by atoms with Crippen LogP contribution in [-0.2, 0) is 5.41 Å². The zero-order valence-corrected chi connectivity index (χ0v) is 66.6. The quantitative estimate of drug-likeness (QED) is 0.108. The van der Waals surface area contributed by atoms with E-state index in [4.69, 9.17) is 9.15 Å². The van der Waals surface area contributed by atoms with Gasteiger partial charge in [0.25, 0.3) is 0 Å². The van der Waals surface area contributed by atoms with Gasteiger partial charge in [-0.2, -0.15) is 0 Å². The third-order valence-electron chi connectivity index (χ3n) is 24.7. The highest BCUT2D eigenvalue weighted by Gasteiger charge is 2.52. The fourth-order valence-electron chi connectivity index (χ4n) is 19.4. The second-order valence-electron chi connectivity index (χ2n) is 31.3. The average Bonchev–Trinajstić information content (AvgIpc) is 1.47. The largest absolute Gasteiger partial charge is 0.456 e. The van der Waals surface area contributed by atoms with Crippen LogP contribution in [0.2, 0.25) is 0 Å². The van der Waals surface area contributed by atoms with Crippen LogP contribution in [0.3, 0.4) is 0 Å². The van der Waals surface area contributed by atoms with Crippen LogP contribution in [0.5, 0.6) is 11.5 Å². The molecule has 0 amide bonds. The summed E-state index contributed by atoms with van der Waals surface area (Å²) in [7, 11) is 0. The molecule has 0 saturated carbocycles. The number of para-hydroxylation sites is 5. The molecular formula is C113H71N3O2S2. The van der Waals surface area contributed by atoms with Gasteiger partial charge in [0.1, 0.15) is 22.7 Å². The number of nitrogens with zero attached hydrogens (tertiary/aromatic N) is 3. The summed E-state index contributed by atoms with van der Waals surface area (Å²) in [6, 6.07) is 158. The van der Waals surface area contributed by atoms with E-state index in [0.717, 1.165) is 151 Å². The van der Waals surface area contributed by atoms with E-state index in [0.29, 0.717) is 0 Å². The first kappa shape index (κ1) is 69.2. The molecule has 3 aromatic heterocycles. The Balaban J connectivity index is 0.748. The minimum absolute atomic E-state index is 0.800. The first-order valence-corrected chi connectivity index (χ1v) is 42.5. The lowest BCUT2D eigenvalue weighted by Gasteiger charge is -2.40. The van der Waals surface area contributed by atoms with Gasteiger partial charge >= 0.3 is 0 Å². The number of hydrogen-bond donors (Lipinski definition) is 0. The lowest BCUT2D eigenvalue weighted by molar-refractivity contribution is 0.438. The van der Waals surface area contributed by atoms with Gasteiger partial charge in [-0.1, -0.05) is 303 Å². The number of hydrogen-bond acceptors (Lipinski definition) is 7. The number of anilines is 9. The normalized spacial score (nSPS) is 13.3. The zero-order chi connectivity index (χ0) is 78.9. The third-order valence-corrected chi connectivity index (χ3v) is 27.1. The maximum Gasteiger partial charge on any atom is 0.145 e. The average molecular weight is 1570 g/mol. The molecule has 4 heterocycles. The fourth-order valence-corrected chi connectivity index (χ4v) is 21.8. The van der Waals surface area contributed by atoms with Gasteiger partial charge in [0.15, 0.2) is 0 Å². The number of ether oxygens (including phenoxy) is 1. The Hall–Kier alpha value is -15.1. The highest BCUT2D eigenvalue weighted by atomic mass is 32.1. The second-order valence-corrected chi connectivity index (χ2v) is 33.4. The van der Waals surface area contributed by atoms with E-state index in [1.807, 2.05) is 22.7 Å². The van der Waals surface area contributed by atoms with Gasteiger partial charge in [0.2, 0.25) is 0 Å². The zero-order valence-electron chi connectivity index (χ0n) is 65.0. The van der Waals surface area contributed by atoms with Crippen LogP contribution >= 0.6 is 22.7 Å². The lowest BCUT2D eigenvalue weighted by Crippen LogP contribution is -2.32.